The molecule has 0 saturated carbocycles. The average molecular weight is 270 g/mol. The van der Waals surface area contributed by atoms with Gasteiger partial charge in [-0.2, -0.15) is 0 Å². The summed E-state index contributed by atoms with van der Waals surface area (Å²) < 4.78 is 0. The monoisotopic (exact) mass is 270 g/mol. The molecule has 0 aromatic rings. The van der Waals surface area contributed by atoms with Gasteiger partial charge in [0, 0.05) is 39.3 Å². The Balaban J connectivity index is 2.36. The number of piperazine rings is 1. The molecule has 1 unspecified atom stereocenters. The summed E-state index contributed by atoms with van der Waals surface area (Å²) in [4.78, 5) is 27.6. The Morgan fingerprint density at radius 2 is 1.84 bits per heavy atom. The molecule has 1 atom stereocenters. The van der Waals surface area contributed by atoms with Crippen LogP contribution in [-0.4, -0.2) is 67.4 Å². The minimum atomic E-state index is -0.0602. The highest BCUT2D eigenvalue weighted by Gasteiger charge is 2.26. The van der Waals surface area contributed by atoms with Crippen molar-refractivity contribution in [2.45, 2.75) is 20.3 Å². The number of nitrogens with two attached hydrogens (primary N) is 1. The van der Waals surface area contributed by atoms with E-state index in [0.29, 0.717) is 32.7 Å². The Kier molecular flexibility index (Phi) is 6.80. The van der Waals surface area contributed by atoms with Crippen LogP contribution in [0.25, 0.3) is 0 Å². The first-order chi connectivity index (χ1) is 9.12. The number of hydrogen-bond acceptors (Lipinski definition) is 4. The van der Waals surface area contributed by atoms with Crippen LogP contribution in [-0.2, 0) is 9.59 Å². The molecule has 110 valence electrons. The predicted octanol–water partition coefficient (Wildman–Crippen LogP) is -0.748. The lowest BCUT2D eigenvalue weighted by molar-refractivity contribution is -0.137. The summed E-state index contributed by atoms with van der Waals surface area (Å²) in [6.45, 7) is 8.27. The van der Waals surface area contributed by atoms with E-state index < -0.39 is 0 Å². The molecule has 1 rings (SSSR count). The number of hydrogen-bond donors (Lipinski definition) is 2. The fraction of sp³-hybridized carbons (Fsp3) is 0.846. The van der Waals surface area contributed by atoms with Gasteiger partial charge >= 0.3 is 0 Å². The van der Waals surface area contributed by atoms with Crippen LogP contribution in [0.15, 0.2) is 0 Å². The maximum Gasteiger partial charge on any atom is 0.234 e. The van der Waals surface area contributed by atoms with Gasteiger partial charge in [-0.3, -0.25) is 14.5 Å². The molecule has 1 aliphatic rings. The number of carbonyl (C=O) groups excluding carboxylic acids is 2. The first-order valence-electron chi connectivity index (χ1n) is 7.10. The number of rotatable bonds is 6. The number of nitrogens with one attached hydrogen (secondary N) is 1. The lowest BCUT2D eigenvalue weighted by Gasteiger charge is -2.35. The molecule has 1 aliphatic heterocycles. The molecule has 0 aromatic heterocycles. The van der Waals surface area contributed by atoms with Crippen LogP contribution < -0.4 is 11.1 Å². The van der Waals surface area contributed by atoms with Gasteiger partial charge in [-0.05, 0) is 13.3 Å². The number of likely N-dealkylation sites (N-methyl/N-ethyl adjacent to an activating group) is 1. The summed E-state index contributed by atoms with van der Waals surface area (Å²) in [6, 6.07) is 0. The zero-order valence-electron chi connectivity index (χ0n) is 12.0. The third kappa shape index (κ3) is 4.80. The van der Waals surface area contributed by atoms with Crippen LogP contribution in [0.1, 0.15) is 20.3 Å². The quantitative estimate of drug-likeness (QED) is 0.666. The molecule has 3 N–H and O–H groups in total. The molecule has 0 aromatic carbocycles. The Morgan fingerprint density at radius 1 is 1.21 bits per heavy atom. The largest absolute Gasteiger partial charge is 0.355 e. The standard InChI is InChI=1S/C13H26N4O2/c1-3-11(9-14)13(19)17-7-5-16(6-8-17)10-12(18)15-4-2/h11H,3-10,14H2,1-2H3,(H,15,18). The summed E-state index contributed by atoms with van der Waals surface area (Å²) in [6.07, 6.45) is 0.786. The summed E-state index contributed by atoms with van der Waals surface area (Å²) in [5.74, 6) is 0.147. The van der Waals surface area contributed by atoms with Crippen LogP contribution in [0.5, 0.6) is 0 Å². The topological polar surface area (TPSA) is 78.7 Å². The van der Waals surface area contributed by atoms with Gasteiger partial charge in [0.25, 0.3) is 0 Å². The Hall–Kier alpha value is -1.14. The van der Waals surface area contributed by atoms with Gasteiger partial charge in [0.15, 0.2) is 0 Å². The molecule has 0 spiro atoms. The Labute approximate surface area is 115 Å². The highest BCUT2D eigenvalue weighted by Crippen LogP contribution is 2.09. The van der Waals surface area contributed by atoms with E-state index in [-0.39, 0.29) is 17.7 Å². The summed E-state index contributed by atoms with van der Waals surface area (Å²) in [7, 11) is 0. The fourth-order valence-electron chi connectivity index (χ4n) is 2.28. The molecule has 19 heavy (non-hydrogen) atoms. The van der Waals surface area contributed by atoms with Crippen molar-refractivity contribution < 1.29 is 9.59 Å². The molecule has 6 nitrogen and oxygen atoms in total. The minimum absolute atomic E-state index is 0.0515. The van der Waals surface area contributed by atoms with Crippen LogP contribution in [0.4, 0.5) is 0 Å². The van der Waals surface area contributed by atoms with Crippen molar-refractivity contribution in [1.82, 2.24) is 15.1 Å². The van der Waals surface area contributed by atoms with Gasteiger partial charge in [0.2, 0.25) is 11.8 Å². The zero-order valence-corrected chi connectivity index (χ0v) is 12.0. The van der Waals surface area contributed by atoms with Gasteiger partial charge < -0.3 is 16.0 Å². The highest BCUT2D eigenvalue weighted by molar-refractivity contribution is 5.79. The van der Waals surface area contributed by atoms with Crippen LogP contribution in [0.2, 0.25) is 0 Å². The lowest BCUT2D eigenvalue weighted by Crippen LogP contribution is -2.52. The van der Waals surface area contributed by atoms with E-state index in [4.69, 9.17) is 5.73 Å². The summed E-state index contributed by atoms with van der Waals surface area (Å²) >= 11 is 0. The van der Waals surface area contributed by atoms with E-state index in [9.17, 15) is 9.59 Å². The van der Waals surface area contributed by atoms with Crippen LogP contribution >= 0.6 is 0 Å². The maximum absolute atomic E-state index is 12.1. The number of nitrogens with zero attached hydrogens (tertiary/aromatic N) is 2. The molecule has 0 bridgehead atoms. The van der Waals surface area contributed by atoms with E-state index in [1.54, 1.807) is 0 Å². The van der Waals surface area contributed by atoms with Gasteiger partial charge in [0.05, 0.1) is 12.5 Å². The van der Waals surface area contributed by atoms with Gasteiger partial charge in [-0.15, -0.1) is 0 Å². The summed E-state index contributed by atoms with van der Waals surface area (Å²) in [5.41, 5.74) is 5.61. The van der Waals surface area contributed by atoms with Crippen LogP contribution in [0.3, 0.4) is 0 Å². The SMILES string of the molecule is CCNC(=O)CN1CCN(C(=O)C(CC)CN)CC1. The molecule has 1 heterocycles. The molecule has 1 saturated heterocycles. The van der Waals surface area contributed by atoms with Crippen molar-refractivity contribution in [3.63, 3.8) is 0 Å². The lowest BCUT2D eigenvalue weighted by atomic mass is 10.0. The Morgan fingerprint density at radius 3 is 2.32 bits per heavy atom. The molecular formula is C13H26N4O2. The third-order valence-corrected chi connectivity index (χ3v) is 3.55. The van der Waals surface area contributed by atoms with Crippen molar-refractivity contribution in [2.24, 2.45) is 11.7 Å². The molecule has 2 amide bonds. The van der Waals surface area contributed by atoms with Gasteiger partial charge in [-0.25, -0.2) is 0 Å². The first-order valence-corrected chi connectivity index (χ1v) is 7.10. The van der Waals surface area contributed by atoms with Crippen molar-refractivity contribution in [1.29, 1.82) is 0 Å². The van der Waals surface area contributed by atoms with Crippen molar-refractivity contribution in [2.75, 3.05) is 45.8 Å². The van der Waals surface area contributed by atoms with Crippen LogP contribution in [0, 0.1) is 5.92 Å². The van der Waals surface area contributed by atoms with E-state index in [1.807, 2.05) is 18.7 Å². The van der Waals surface area contributed by atoms with Crippen molar-refractivity contribution >= 4 is 11.8 Å². The third-order valence-electron chi connectivity index (χ3n) is 3.55. The second-order valence-corrected chi connectivity index (χ2v) is 4.90. The summed E-state index contributed by atoms with van der Waals surface area (Å²) in [5, 5.41) is 2.79. The predicted molar refractivity (Wildman–Crippen MR) is 74.5 cm³/mol. The van der Waals surface area contributed by atoms with Gasteiger partial charge in [-0.1, -0.05) is 6.92 Å². The highest BCUT2D eigenvalue weighted by atomic mass is 16.2. The van der Waals surface area contributed by atoms with Gasteiger partial charge in [0.1, 0.15) is 0 Å². The molecular weight excluding hydrogens is 244 g/mol. The normalized spacial score (nSPS) is 18.2. The van der Waals surface area contributed by atoms with E-state index >= 15 is 0 Å². The Bertz CT molecular complexity index is 297. The molecule has 0 aliphatic carbocycles. The number of amides is 2. The minimum Gasteiger partial charge on any atom is -0.355 e. The molecule has 1 fully saturated rings. The molecule has 6 heteroatoms. The second-order valence-electron chi connectivity index (χ2n) is 4.90. The van der Waals surface area contributed by atoms with E-state index in [1.165, 1.54) is 0 Å². The fourth-order valence-corrected chi connectivity index (χ4v) is 2.28. The van der Waals surface area contributed by atoms with Crippen molar-refractivity contribution in [3.8, 4) is 0 Å². The van der Waals surface area contributed by atoms with E-state index in [0.717, 1.165) is 19.5 Å². The zero-order chi connectivity index (χ0) is 14.3. The van der Waals surface area contributed by atoms with E-state index in [2.05, 4.69) is 10.2 Å². The second kappa shape index (κ2) is 8.12. The first kappa shape index (κ1) is 15.9. The average Bonchev–Trinajstić information content (AvgIpc) is 2.41. The molecule has 0 radical (unpaired) electrons. The smallest absolute Gasteiger partial charge is 0.234 e. The maximum atomic E-state index is 12.1. The van der Waals surface area contributed by atoms with Crippen molar-refractivity contribution in [3.05, 3.63) is 0 Å². The number of carbonyl (C=O) groups is 2.